The van der Waals surface area contributed by atoms with E-state index in [4.69, 9.17) is 14.5 Å². The molecule has 0 unspecified atom stereocenters. The molecule has 1 aliphatic rings. The highest BCUT2D eigenvalue weighted by molar-refractivity contribution is 6.05. The van der Waals surface area contributed by atoms with Crippen LogP contribution < -0.4 is 14.8 Å². The van der Waals surface area contributed by atoms with Gasteiger partial charge in [0.15, 0.2) is 0 Å². The van der Waals surface area contributed by atoms with Crippen LogP contribution in [0, 0.1) is 0 Å². The minimum absolute atomic E-state index is 0.150. The van der Waals surface area contributed by atoms with Crippen LogP contribution in [-0.2, 0) is 18.4 Å². The number of benzene rings is 3. The number of hydrogen-bond acceptors (Lipinski definition) is 5. The molecule has 5 rings (SSSR count). The number of amides is 2. The van der Waals surface area contributed by atoms with Crippen molar-refractivity contribution in [1.29, 1.82) is 0 Å². The first kappa shape index (κ1) is 22.5. The fourth-order valence-corrected chi connectivity index (χ4v) is 4.51. The zero-order valence-corrected chi connectivity index (χ0v) is 19.9. The van der Waals surface area contributed by atoms with Crippen LogP contribution in [0.2, 0.25) is 0 Å². The molecule has 0 fully saturated rings. The number of imidazole rings is 1. The van der Waals surface area contributed by atoms with Gasteiger partial charge >= 0.3 is 0 Å². The maximum absolute atomic E-state index is 13.6. The van der Waals surface area contributed by atoms with Crippen molar-refractivity contribution in [3.63, 3.8) is 0 Å². The normalized spacial score (nSPS) is 13.1. The Morgan fingerprint density at radius 1 is 1.09 bits per heavy atom. The number of ether oxygens (including phenoxy) is 2. The molecule has 0 saturated carbocycles. The van der Waals surface area contributed by atoms with Gasteiger partial charge in [0, 0.05) is 31.6 Å². The zero-order valence-electron chi connectivity index (χ0n) is 19.9. The summed E-state index contributed by atoms with van der Waals surface area (Å²) >= 11 is 0. The molecule has 8 heteroatoms. The summed E-state index contributed by atoms with van der Waals surface area (Å²) < 4.78 is 13.3. The molecule has 0 spiro atoms. The number of para-hydroxylation sites is 2. The number of methoxy groups -OCH3 is 1. The maximum atomic E-state index is 13.6. The van der Waals surface area contributed by atoms with Crippen LogP contribution in [0.15, 0.2) is 60.7 Å². The van der Waals surface area contributed by atoms with Gasteiger partial charge in [-0.3, -0.25) is 9.59 Å². The molecule has 1 N–H and O–H groups in total. The monoisotopic (exact) mass is 470 g/mol. The summed E-state index contributed by atoms with van der Waals surface area (Å²) in [5, 5.41) is 2.88. The van der Waals surface area contributed by atoms with E-state index in [2.05, 4.69) is 5.32 Å². The van der Waals surface area contributed by atoms with E-state index in [-0.39, 0.29) is 11.8 Å². The van der Waals surface area contributed by atoms with Gasteiger partial charge in [0.1, 0.15) is 23.9 Å². The van der Waals surface area contributed by atoms with Crippen LogP contribution in [0.4, 0.5) is 5.69 Å². The number of carbonyl (C=O) groups is 2. The van der Waals surface area contributed by atoms with Gasteiger partial charge in [0.2, 0.25) is 5.91 Å². The van der Waals surface area contributed by atoms with Gasteiger partial charge in [-0.2, -0.15) is 0 Å². The second-order valence-corrected chi connectivity index (χ2v) is 8.45. The van der Waals surface area contributed by atoms with Crippen LogP contribution >= 0.6 is 0 Å². The lowest BCUT2D eigenvalue weighted by atomic mass is 10.1. The average Bonchev–Trinajstić information content (AvgIpc) is 3.04. The second kappa shape index (κ2) is 9.13. The number of hydrogen-bond donors (Lipinski definition) is 1. The minimum atomic E-state index is -0.229. The summed E-state index contributed by atoms with van der Waals surface area (Å²) in [7, 11) is 3.50. The highest BCUT2D eigenvalue weighted by Crippen LogP contribution is 2.35. The lowest BCUT2D eigenvalue weighted by Crippen LogP contribution is -2.32. The average molecular weight is 471 g/mol. The topological polar surface area (TPSA) is 85.7 Å². The van der Waals surface area contributed by atoms with Crippen molar-refractivity contribution in [1.82, 2.24) is 14.5 Å². The van der Waals surface area contributed by atoms with E-state index in [9.17, 15) is 9.59 Å². The molecule has 35 heavy (non-hydrogen) atoms. The van der Waals surface area contributed by atoms with Crippen LogP contribution in [0.3, 0.4) is 0 Å². The van der Waals surface area contributed by atoms with Gasteiger partial charge in [0.25, 0.3) is 5.91 Å². The Hall–Kier alpha value is -4.33. The van der Waals surface area contributed by atoms with E-state index >= 15 is 0 Å². The van der Waals surface area contributed by atoms with E-state index in [1.807, 2.05) is 60.1 Å². The Kier molecular flexibility index (Phi) is 5.86. The van der Waals surface area contributed by atoms with Crippen LogP contribution in [0.1, 0.15) is 22.8 Å². The summed E-state index contributed by atoms with van der Waals surface area (Å²) in [5.74, 6) is 1.77. The summed E-state index contributed by atoms with van der Waals surface area (Å²) in [6, 6.07) is 18.8. The fourth-order valence-electron chi connectivity index (χ4n) is 4.51. The molecule has 4 aromatic rings. The van der Waals surface area contributed by atoms with E-state index < -0.39 is 0 Å². The number of aryl methyl sites for hydroxylation is 1. The van der Waals surface area contributed by atoms with Crippen molar-refractivity contribution >= 4 is 28.5 Å². The number of anilines is 1. The third kappa shape index (κ3) is 4.19. The van der Waals surface area contributed by atoms with E-state index in [1.165, 1.54) is 6.92 Å². The minimum Gasteiger partial charge on any atom is -0.496 e. The molecular weight excluding hydrogens is 444 g/mol. The lowest BCUT2D eigenvalue weighted by Gasteiger charge is -2.20. The van der Waals surface area contributed by atoms with Crippen LogP contribution in [0.5, 0.6) is 11.5 Å². The Bertz CT molecular complexity index is 1440. The van der Waals surface area contributed by atoms with Crippen molar-refractivity contribution in [2.45, 2.75) is 13.5 Å². The van der Waals surface area contributed by atoms with Crippen molar-refractivity contribution < 1.29 is 19.1 Å². The Morgan fingerprint density at radius 3 is 2.66 bits per heavy atom. The molecule has 2 heterocycles. The van der Waals surface area contributed by atoms with Gasteiger partial charge in [-0.15, -0.1) is 0 Å². The van der Waals surface area contributed by atoms with Gasteiger partial charge in [-0.1, -0.05) is 30.3 Å². The molecule has 3 aromatic carbocycles. The molecular formula is C27H26N4O4. The SMILES string of the molecule is COc1ccccc1-c1nc2cc(C(=O)N3CCOc4ccccc4C3)cc(NC(C)=O)c2n1C. The van der Waals surface area contributed by atoms with E-state index in [0.29, 0.717) is 48.0 Å². The molecule has 1 aromatic heterocycles. The fraction of sp³-hybridized carbons (Fsp3) is 0.222. The molecule has 2 amide bonds. The largest absolute Gasteiger partial charge is 0.496 e. The number of aromatic nitrogens is 2. The first-order valence-corrected chi connectivity index (χ1v) is 11.4. The van der Waals surface area contributed by atoms with Crippen LogP contribution in [-0.4, -0.2) is 46.5 Å². The van der Waals surface area contributed by atoms with Crippen molar-refractivity contribution in [2.75, 3.05) is 25.6 Å². The maximum Gasteiger partial charge on any atom is 0.254 e. The standard InChI is InChI=1S/C27H26N4O4/c1-17(32)28-21-14-19(27(33)31-12-13-35-23-10-6-4-8-18(23)16-31)15-22-25(21)30(2)26(29-22)20-9-5-7-11-24(20)34-3/h4-11,14-15H,12-13,16H2,1-3H3,(H,28,32). The van der Waals surface area contributed by atoms with Gasteiger partial charge < -0.3 is 24.3 Å². The molecule has 0 saturated heterocycles. The number of fused-ring (bicyclic) bond motifs is 2. The van der Waals surface area contributed by atoms with Gasteiger partial charge in [-0.25, -0.2) is 4.98 Å². The summed E-state index contributed by atoms with van der Waals surface area (Å²) in [6.07, 6.45) is 0. The van der Waals surface area contributed by atoms with Crippen molar-refractivity contribution in [3.8, 4) is 22.9 Å². The zero-order chi connectivity index (χ0) is 24.5. The predicted molar refractivity (Wildman–Crippen MR) is 134 cm³/mol. The number of carbonyl (C=O) groups excluding carboxylic acids is 2. The molecule has 178 valence electrons. The molecule has 0 bridgehead atoms. The molecule has 8 nitrogen and oxygen atoms in total. The smallest absolute Gasteiger partial charge is 0.254 e. The Balaban J connectivity index is 1.60. The third-order valence-corrected chi connectivity index (χ3v) is 6.11. The molecule has 0 radical (unpaired) electrons. The van der Waals surface area contributed by atoms with E-state index in [0.717, 1.165) is 22.4 Å². The first-order chi connectivity index (χ1) is 17.0. The molecule has 0 aliphatic carbocycles. The predicted octanol–water partition coefficient (Wildman–Crippen LogP) is 4.24. The van der Waals surface area contributed by atoms with Crippen molar-refractivity contribution in [2.24, 2.45) is 7.05 Å². The lowest BCUT2D eigenvalue weighted by molar-refractivity contribution is -0.114. The van der Waals surface area contributed by atoms with Crippen LogP contribution in [0.25, 0.3) is 22.4 Å². The van der Waals surface area contributed by atoms with Gasteiger partial charge in [0.05, 0.1) is 35.9 Å². The number of nitrogens with zero attached hydrogens (tertiary/aromatic N) is 3. The quantitative estimate of drug-likeness (QED) is 0.482. The van der Waals surface area contributed by atoms with Gasteiger partial charge in [-0.05, 0) is 30.3 Å². The Labute approximate surface area is 203 Å². The van der Waals surface area contributed by atoms with E-state index in [1.54, 1.807) is 24.1 Å². The Morgan fingerprint density at radius 2 is 1.86 bits per heavy atom. The highest BCUT2D eigenvalue weighted by atomic mass is 16.5. The van der Waals surface area contributed by atoms with Crippen molar-refractivity contribution in [3.05, 3.63) is 71.8 Å². The third-order valence-electron chi connectivity index (χ3n) is 6.11. The molecule has 0 atom stereocenters. The molecule has 1 aliphatic heterocycles. The number of nitrogens with one attached hydrogen (secondary N) is 1. The second-order valence-electron chi connectivity index (χ2n) is 8.45. The first-order valence-electron chi connectivity index (χ1n) is 11.4. The highest BCUT2D eigenvalue weighted by Gasteiger charge is 2.24. The number of rotatable bonds is 4. The summed E-state index contributed by atoms with van der Waals surface area (Å²) in [6.45, 7) is 2.75. The summed E-state index contributed by atoms with van der Waals surface area (Å²) in [5.41, 5.74) is 4.08. The summed E-state index contributed by atoms with van der Waals surface area (Å²) in [4.78, 5) is 32.2.